The molecule has 0 radical (unpaired) electrons. The summed E-state index contributed by atoms with van der Waals surface area (Å²) in [5.74, 6) is -0.290. The van der Waals surface area contributed by atoms with Gasteiger partial charge in [0.15, 0.2) is 0 Å². The number of ether oxygens (including phenoxy) is 2. The second kappa shape index (κ2) is 14.5. The average Bonchev–Trinajstić information content (AvgIpc) is 2.95. The summed E-state index contributed by atoms with van der Waals surface area (Å²) >= 11 is 0. The predicted octanol–water partition coefficient (Wildman–Crippen LogP) is 3.19. The maximum Gasteiger partial charge on any atom is 0.408 e. The van der Waals surface area contributed by atoms with E-state index in [0.717, 1.165) is 16.9 Å². The van der Waals surface area contributed by atoms with Gasteiger partial charge in [0.05, 0.1) is 7.11 Å². The summed E-state index contributed by atoms with van der Waals surface area (Å²) < 4.78 is 10.5. The molecule has 3 N–H and O–H groups in total. The van der Waals surface area contributed by atoms with Crippen LogP contribution >= 0.6 is 0 Å². The van der Waals surface area contributed by atoms with Crippen LogP contribution in [0.2, 0.25) is 0 Å². The normalized spacial score (nSPS) is 15.3. The predicted molar refractivity (Wildman–Crippen MR) is 155 cm³/mol. The number of benzene rings is 2. The number of piperidine rings is 1. The highest BCUT2D eigenvalue weighted by Gasteiger charge is 2.33. The van der Waals surface area contributed by atoms with E-state index in [1.165, 1.54) is 0 Å². The van der Waals surface area contributed by atoms with Crippen molar-refractivity contribution < 1.29 is 28.7 Å². The Morgan fingerprint density at radius 3 is 2.15 bits per heavy atom. The molecule has 1 heterocycles. The van der Waals surface area contributed by atoms with Gasteiger partial charge in [-0.1, -0.05) is 42.5 Å². The molecular formula is C31H42N4O6. The Hall–Kier alpha value is -4.08. The van der Waals surface area contributed by atoms with Crippen molar-refractivity contribution in [2.24, 2.45) is 5.92 Å². The summed E-state index contributed by atoms with van der Waals surface area (Å²) in [6, 6.07) is 15.3. The Bertz CT molecular complexity index is 1170. The summed E-state index contributed by atoms with van der Waals surface area (Å²) in [5, 5.41) is 8.38. The zero-order valence-corrected chi connectivity index (χ0v) is 24.6. The van der Waals surface area contributed by atoms with Crippen LogP contribution in [0.4, 0.5) is 4.79 Å². The maximum atomic E-state index is 13.5. The van der Waals surface area contributed by atoms with Gasteiger partial charge in [0, 0.05) is 32.0 Å². The van der Waals surface area contributed by atoms with Gasteiger partial charge in [-0.2, -0.15) is 0 Å². The quantitative estimate of drug-likeness (QED) is 0.406. The number of rotatable bonds is 10. The Balaban J connectivity index is 1.50. The van der Waals surface area contributed by atoms with Crippen LogP contribution < -0.4 is 20.7 Å². The molecule has 222 valence electrons. The Kier molecular flexibility index (Phi) is 11.1. The van der Waals surface area contributed by atoms with Crippen molar-refractivity contribution in [1.29, 1.82) is 0 Å². The Morgan fingerprint density at radius 1 is 0.927 bits per heavy atom. The summed E-state index contributed by atoms with van der Waals surface area (Å²) in [6.45, 7) is 8.03. The van der Waals surface area contributed by atoms with Gasteiger partial charge >= 0.3 is 6.09 Å². The molecule has 41 heavy (non-hydrogen) atoms. The lowest BCUT2D eigenvalue weighted by atomic mass is 9.94. The van der Waals surface area contributed by atoms with Gasteiger partial charge in [-0.05, 0) is 63.8 Å². The number of alkyl carbamates (subject to hydrolysis) is 1. The third kappa shape index (κ3) is 10.1. The second-order valence-corrected chi connectivity index (χ2v) is 11.3. The van der Waals surface area contributed by atoms with Crippen LogP contribution in [0.5, 0.6) is 5.75 Å². The van der Waals surface area contributed by atoms with Gasteiger partial charge in [0.25, 0.3) is 0 Å². The Morgan fingerprint density at radius 2 is 1.56 bits per heavy atom. The molecule has 1 aliphatic rings. The highest BCUT2D eigenvalue weighted by atomic mass is 16.6. The molecular weight excluding hydrogens is 524 g/mol. The summed E-state index contributed by atoms with van der Waals surface area (Å²) in [6.07, 6.45) is 0.591. The van der Waals surface area contributed by atoms with E-state index in [-0.39, 0.29) is 23.6 Å². The molecule has 0 aliphatic carbocycles. The molecule has 10 nitrogen and oxygen atoms in total. The largest absolute Gasteiger partial charge is 0.497 e. The minimum atomic E-state index is -0.799. The molecule has 1 saturated heterocycles. The van der Waals surface area contributed by atoms with E-state index >= 15 is 0 Å². The first-order valence-electron chi connectivity index (χ1n) is 14.0. The number of hydrogen-bond donors (Lipinski definition) is 3. The van der Waals surface area contributed by atoms with E-state index < -0.39 is 23.8 Å². The molecule has 0 spiro atoms. The van der Waals surface area contributed by atoms with E-state index in [1.54, 1.807) is 39.7 Å². The highest BCUT2D eigenvalue weighted by molar-refractivity contribution is 5.89. The summed E-state index contributed by atoms with van der Waals surface area (Å²) in [4.78, 5) is 53.1. The minimum Gasteiger partial charge on any atom is -0.497 e. The molecule has 0 bridgehead atoms. The van der Waals surface area contributed by atoms with Crippen molar-refractivity contribution in [3.05, 3.63) is 65.7 Å². The van der Waals surface area contributed by atoms with Gasteiger partial charge < -0.3 is 30.3 Å². The minimum absolute atomic E-state index is 0.211. The number of carbonyl (C=O) groups is 4. The second-order valence-electron chi connectivity index (χ2n) is 11.3. The van der Waals surface area contributed by atoms with E-state index in [1.807, 2.05) is 54.6 Å². The Labute approximate surface area is 242 Å². The number of amides is 4. The van der Waals surface area contributed by atoms with Gasteiger partial charge in [0.1, 0.15) is 23.4 Å². The highest BCUT2D eigenvalue weighted by Crippen LogP contribution is 2.20. The van der Waals surface area contributed by atoms with E-state index in [9.17, 15) is 19.2 Å². The van der Waals surface area contributed by atoms with Crippen molar-refractivity contribution in [3.63, 3.8) is 0 Å². The van der Waals surface area contributed by atoms with Gasteiger partial charge in [-0.15, -0.1) is 0 Å². The zero-order valence-electron chi connectivity index (χ0n) is 24.6. The van der Waals surface area contributed by atoms with Gasteiger partial charge in [-0.3, -0.25) is 14.4 Å². The fourth-order valence-electron chi connectivity index (χ4n) is 4.56. The molecule has 1 aliphatic heterocycles. The molecule has 0 saturated carbocycles. The molecule has 0 unspecified atom stereocenters. The first-order valence-corrected chi connectivity index (χ1v) is 14.0. The fourth-order valence-corrected chi connectivity index (χ4v) is 4.56. The molecule has 3 rings (SSSR count). The molecule has 1 fully saturated rings. The zero-order chi connectivity index (χ0) is 30.0. The topological polar surface area (TPSA) is 126 Å². The van der Waals surface area contributed by atoms with E-state index in [0.29, 0.717) is 38.9 Å². The number of hydrogen-bond acceptors (Lipinski definition) is 6. The van der Waals surface area contributed by atoms with Crippen LogP contribution in [-0.2, 0) is 32.1 Å². The summed E-state index contributed by atoms with van der Waals surface area (Å²) in [5.41, 5.74) is 1.14. The monoisotopic (exact) mass is 566 g/mol. The van der Waals surface area contributed by atoms with Crippen LogP contribution in [0.15, 0.2) is 54.6 Å². The van der Waals surface area contributed by atoms with Crippen LogP contribution in [-0.4, -0.2) is 66.6 Å². The maximum absolute atomic E-state index is 13.5. The first-order chi connectivity index (χ1) is 19.4. The third-order valence-corrected chi connectivity index (χ3v) is 6.83. The van der Waals surface area contributed by atoms with Crippen LogP contribution in [0.3, 0.4) is 0 Å². The average molecular weight is 567 g/mol. The van der Waals surface area contributed by atoms with Crippen molar-refractivity contribution in [3.8, 4) is 5.75 Å². The standard InChI is InChI=1S/C31H42N4O6/c1-21(27(36)32-20-23-11-13-25(40-5)14-12-23)33-28(37)24-15-17-35(18-16-24)29(38)26(19-22-9-7-6-8-10-22)34-30(39)41-31(2,3)4/h6-14,21,24,26H,15-20H2,1-5H3,(H,32,36)(H,33,37)(H,34,39)/t21-,26-/m0/s1. The van der Waals surface area contributed by atoms with Crippen LogP contribution in [0.1, 0.15) is 51.7 Å². The lowest BCUT2D eigenvalue weighted by molar-refractivity contribution is -0.138. The number of nitrogens with one attached hydrogen (secondary N) is 3. The number of methoxy groups -OCH3 is 1. The molecule has 2 aromatic rings. The SMILES string of the molecule is COc1ccc(CNC(=O)[C@H](C)NC(=O)C2CCN(C(=O)[C@H](Cc3ccccc3)NC(=O)OC(C)(C)C)CC2)cc1. The molecule has 4 amide bonds. The molecule has 0 aromatic heterocycles. The number of carbonyl (C=O) groups excluding carboxylic acids is 4. The molecule has 10 heteroatoms. The number of nitrogens with zero attached hydrogens (tertiary/aromatic N) is 1. The van der Waals surface area contributed by atoms with E-state index in [4.69, 9.17) is 9.47 Å². The van der Waals surface area contributed by atoms with Crippen LogP contribution in [0.25, 0.3) is 0 Å². The van der Waals surface area contributed by atoms with Crippen molar-refractivity contribution in [1.82, 2.24) is 20.9 Å². The lowest BCUT2D eigenvalue weighted by Gasteiger charge is -2.34. The van der Waals surface area contributed by atoms with Crippen molar-refractivity contribution in [2.75, 3.05) is 20.2 Å². The smallest absolute Gasteiger partial charge is 0.408 e. The van der Waals surface area contributed by atoms with E-state index in [2.05, 4.69) is 16.0 Å². The van der Waals surface area contributed by atoms with Crippen molar-refractivity contribution in [2.45, 2.75) is 71.2 Å². The summed E-state index contributed by atoms with van der Waals surface area (Å²) in [7, 11) is 1.59. The first kappa shape index (κ1) is 31.4. The van der Waals surface area contributed by atoms with Crippen LogP contribution in [0, 0.1) is 5.92 Å². The lowest BCUT2D eigenvalue weighted by Crippen LogP contribution is -2.54. The molecule has 2 aromatic carbocycles. The van der Waals surface area contributed by atoms with Gasteiger partial charge in [0.2, 0.25) is 17.7 Å². The fraction of sp³-hybridized carbons (Fsp3) is 0.484. The third-order valence-electron chi connectivity index (χ3n) is 6.83. The number of likely N-dealkylation sites (tertiary alicyclic amines) is 1. The van der Waals surface area contributed by atoms with Crippen molar-refractivity contribution >= 4 is 23.8 Å². The van der Waals surface area contributed by atoms with Gasteiger partial charge in [-0.25, -0.2) is 4.79 Å². The molecule has 2 atom stereocenters.